The van der Waals surface area contributed by atoms with Gasteiger partial charge >= 0.3 is 0 Å². The number of benzene rings is 1. The van der Waals surface area contributed by atoms with Crippen molar-refractivity contribution in [3.63, 3.8) is 0 Å². The second-order valence-corrected chi connectivity index (χ2v) is 4.93. The van der Waals surface area contributed by atoms with Gasteiger partial charge < -0.3 is 5.32 Å². The lowest BCUT2D eigenvalue weighted by molar-refractivity contribution is 0.446. The first-order valence-corrected chi connectivity index (χ1v) is 6.32. The zero-order valence-electron chi connectivity index (χ0n) is 11.5. The van der Waals surface area contributed by atoms with Gasteiger partial charge in [-0.15, -0.1) is 0 Å². The Labute approximate surface area is 115 Å². The highest BCUT2D eigenvalue weighted by Gasteiger charge is 2.14. The normalized spacial score (nSPS) is 11.3. The van der Waals surface area contributed by atoms with Crippen molar-refractivity contribution in [2.24, 2.45) is 0 Å². The van der Waals surface area contributed by atoms with Gasteiger partial charge in [-0.05, 0) is 6.92 Å². The zero-order chi connectivity index (χ0) is 14.9. The van der Waals surface area contributed by atoms with Gasteiger partial charge in [0, 0.05) is 36.0 Å². The maximum Gasteiger partial charge on any atom is 0.194 e. The molecule has 1 heterocycles. The van der Waals surface area contributed by atoms with Crippen LogP contribution in [0.15, 0.2) is 18.3 Å². The summed E-state index contributed by atoms with van der Waals surface area (Å²) < 4.78 is 40.8. The Morgan fingerprint density at radius 1 is 1.20 bits per heavy atom. The van der Waals surface area contributed by atoms with E-state index in [4.69, 9.17) is 0 Å². The molecule has 108 valence electrons. The summed E-state index contributed by atoms with van der Waals surface area (Å²) in [5, 5.41) is 7.33. The van der Waals surface area contributed by atoms with Crippen LogP contribution in [0.1, 0.15) is 25.1 Å². The Bertz CT molecular complexity index is 597. The molecule has 3 nitrogen and oxygen atoms in total. The van der Waals surface area contributed by atoms with Gasteiger partial charge in [-0.3, -0.25) is 0 Å². The van der Waals surface area contributed by atoms with Crippen LogP contribution < -0.4 is 5.32 Å². The predicted octanol–water partition coefficient (Wildman–Crippen LogP) is 3.10. The van der Waals surface area contributed by atoms with Crippen LogP contribution in [0.2, 0.25) is 0 Å². The van der Waals surface area contributed by atoms with Gasteiger partial charge in [0.2, 0.25) is 0 Å². The Kier molecular flexibility index (Phi) is 4.13. The van der Waals surface area contributed by atoms with Crippen LogP contribution in [-0.2, 0) is 6.54 Å². The first-order valence-electron chi connectivity index (χ1n) is 6.32. The topological polar surface area (TPSA) is 29.9 Å². The number of rotatable bonds is 4. The molecule has 20 heavy (non-hydrogen) atoms. The Balaban J connectivity index is 2.34. The van der Waals surface area contributed by atoms with E-state index in [1.54, 1.807) is 13.1 Å². The number of hydrogen-bond acceptors (Lipinski definition) is 2. The van der Waals surface area contributed by atoms with E-state index in [0.29, 0.717) is 12.6 Å². The highest BCUT2D eigenvalue weighted by Crippen LogP contribution is 2.19. The summed E-state index contributed by atoms with van der Waals surface area (Å²) in [7, 11) is 0. The summed E-state index contributed by atoms with van der Waals surface area (Å²) in [6, 6.07) is 2.18. The van der Waals surface area contributed by atoms with E-state index in [0.717, 1.165) is 23.4 Å². The predicted molar refractivity (Wildman–Crippen MR) is 70.2 cm³/mol. The smallest absolute Gasteiger partial charge is 0.194 e. The number of halogens is 3. The molecular formula is C14H16F3N3. The van der Waals surface area contributed by atoms with Gasteiger partial charge in [0.1, 0.15) is 0 Å². The maximum atomic E-state index is 13.2. The molecule has 0 amide bonds. The van der Waals surface area contributed by atoms with Crippen LogP contribution in [0.4, 0.5) is 13.2 Å². The summed E-state index contributed by atoms with van der Waals surface area (Å²) in [6.45, 7) is 6.44. The van der Waals surface area contributed by atoms with E-state index in [1.165, 1.54) is 4.68 Å². The van der Waals surface area contributed by atoms with Crippen LogP contribution in [0.5, 0.6) is 0 Å². The molecule has 0 bridgehead atoms. The second-order valence-electron chi connectivity index (χ2n) is 4.93. The van der Waals surface area contributed by atoms with Gasteiger partial charge in [0.25, 0.3) is 0 Å². The molecule has 0 aliphatic rings. The molecular weight excluding hydrogens is 267 g/mol. The zero-order valence-corrected chi connectivity index (χ0v) is 11.5. The fraction of sp³-hybridized carbons (Fsp3) is 0.357. The molecule has 0 atom stereocenters. The lowest BCUT2D eigenvalue weighted by Crippen LogP contribution is -2.22. The third-order valence-corrected chi connectivity index (χ3v) is 3.03. The standard InChI is InChI=1S/C14H16F3N3/c1-8(2)18-6-10-7-19-20(9(10)3)11-4-12(15)14(17)13(16)5-11/h4-5,7-8,18H,6H2,1-3H3. The van der Waals surface area contributed by atoms with Gasteiger partial charge in [-0.2, -0.15) is 5.10 Å². The molecule has 0 fully saturated rings. The molecule has 0 aliphatic carbocycles. The summed E-state index contributed by atoms with van der Waals surface area (Å²) in [4.78, 5) is 0. The third kappa shape index (κ3) is 2.85. The van der Waals surface area contributed by atoms with Crippen molar-refractivity contribution in [1.29, 1.82) is 0 Å². The Morgan fingerprint density at radius 2 is 1.80 bits per heavy atom. The molecule has 2 aromatic rings. The first kappa shape index (κ1) is 14.6. The van der Waals surface area contributed by atoms with Crippen LogP contribution in [0.25, 0.3) is 5.69 Å². The van der Waals surface area contributed by atoms with E-state index < -0.39 is 17.5 Å². The molecule has 0 saturated carbocycles. The Morgan fingerprint density at radius 3 is 2.35 bits per heavy atom. The number of hydrogen-bond donors (Lipinski definition) is 1. The van der Waals surface area contributed by atoms with Crippen molar-refractivity contribution in [2.45, 2.75) is 33.4 Å². The van der Waals surface area contributed by atoms with Gasteiger partial charge in [-0.25, -0.2) is 17.9 Å². The monoisotopic (exact) mass is 283 g/mol. The van der Waals surface area contributed by atoms with Crippen LogP contribution in [-0.4, -0.2) is 15.8 Å². The fourth-order valence-corrected chi connectivity index (χ4v) is 1.86. The Hall–Kier alpha value is -1.82. The largest absolute Gasteiger partial charge is 0.310 e. The van der Waals surface area contributed by atoms with E-state index in [1.807, 2.05) is 13.8 Å². The van der Waals surface area contributed by atoms with Gasteiger partial charge in [0.05, 0.1) is 11.9 Å². The minimum absolute atomic E-state index is 0.162. The van der Waals surface area contributed by atoms with Crippen molar-refractivity contribution >= 4 is 0 Å². The molecule has 2 rings (SSSR count). The maximum absolute atomic E-state index is 13.2. The average Bonchev–Trinajstić information content (AvgIpc) is 2.74. The second kappa shape index (κ2) is 5.66. The lowest BCUT2D eigenvalue weighted by Gasteiger charge is -2.09. The van der Waals surface area contributed by atoms with Crippen LogP contribution >= 0.6 is 0 Å². The van der Waals surface area contributed by atoms with Crippen LogP contribution in [0.3, 0.4) is 0 Å². The molecule has 0 radical (unpaired) electrons. The van der Waals surface area contributed by atoms with E-state index in [2.05, 4.69) is 10.4 Å². The molecule has 0 aliphatic heterocycles. The minimum atomic E-state index is -1.47. The molecule has 1 aromatic heterocycles. The number of nitrogens with zero attached hydrogens (tertiary/aromatic N) is 2. The van der Waals surface area contributed by atoms with E-state index >= 15 is 0 Å². The molecule has 1 aromatic carbocycles. The molecule has 6 heteroatoms. The lowest BCUT2D eigenvalue weighted by atomic mass is 10.2. The van der Waals surface area contributed by atoms with Crippen molar-refractivity contribution in [3.8, 4) is 5.69 Å². The summed E-state index contributed by atoms with van der Waals surface area (Å²) in [5.74, 6) is -3.92. The number of nitrogens with one attached hydrogen (secondary N) is 1. The third-order valence-electron chi connectivity index (χ3n) is 3.03. The minimum Gasteiger partial charge on any atom is -0.310 e. The van der Waals surface area contributed by atoms with E-state index in [-0.39, 0.29) is 5.69 Å². The van der Waals surface area contributed by atoms with E-state index in [9.17, 15) is 13.2 Å². The highest BCUT2D eigenvalue weighted by molar-refractivity contribution is 5.36. The van der Waals surface area contributed by atoms with Crippen molar-refractivity contribution in [3.05, 3.63) is 47.0 Å². The van der Waals surface area contributed by atoms with Crippen molar-refractivity contribution in [2.75, 3.05) is 0 Å². The quantitative estimate of drug-likeness (QED) is 0.874. The van der Waals surface area contributed by atoms with Crippen molar-refractivity contribution < 1.29 is 13.2 Å². The summed E-state index contributed by atoms with van der Waals surface area (Å²) in [5.41, 5.74) is 1.84. The molecule has 0 unspecified atom stereocenters. The molecule has 1 N–H and O–H groups in total. The summed E-state index contributed by atoms with van der Waals surface area (Å²) >= 11 is 0. The molecule has 0 saturated heterocycles. The fourth-order valence-electron chi connectivity index (χ4n) is 1.86. The summed E-state index contributed by atoms with van der Waals surface area (Å²) in [6.07, 6.45) is 1.63. The van der Waals surface area contributed by atoms with Gasteiger partial charge in [-0.1, -0.05) is 13.8 Å². The molecule has 0 spiro atoms. The SMILES string of the molecule is Cc1c(CNC(C)C)cnn1-c1cc(F)c(F)c(F)c1. The number of aromatic nitrogens is 2. The van der Waals surface area contributed by atoms with Crippen molar-refractivity contribution in [1.82, 2.24) is 15.1 Å². The van der Waals surface area contributed by atoms with Gasteiger partial charge in [0.15, 0.2) is 17.5 Å². The average molecular weight is 283 g/mol. The highest BCUT2D eigenvalue weighted by atomic mass is 19.2. The van der Waals surface area contributed by atoms with Crippen LogP contribution in [0, 0.1) is 24.4 Å². The first-order chi connectivity index (χ1) is 9.40.